The highest BCUT2D eigenvalue weighted by molar-refractivity contribution is 7.91. The van der Waals surface area contributed by atoms with E-state index >= 15 is 0 Å². The Bertz CT molecular complexity index is 1820. The zero-order chi connectivity index (χ0) is 32.8. The zero-order valence-electron chi connectivity index (χ0n) is 26.2. The van der Waals surface area contributed by atoms with Crippen LogP contribution in [0.5, 0.6) is 0 Å². The summed E-state index contributed by atoms with van der Waals surface area (Å²) in [6.07, 6.45) is 10.9. The predicted octanol–water partition coefficient (Wildman–Crippen LogP) is 4.27. The normalized spacial score (nSPS) is 19.3. The Labute approximate surface area is 274 Å². The molecule has 13 nitrogen and oxygen atoms in total. The minimum absolute atomic E-state index is 0.0674. The summed E-state index contributed by atoms with van der Waals surface area (Å²) >= 11 is 0. The molecule has 1 saturated heterocycles. The van der Waals surface area contributed by atoms with Crippen molar-refractivity contribution in [3.63, 3.8) is 0 Å². The first-order valence-corrected chi connectivity index (χ1v) is 17.6. The van der Waals surface area contributed by atoms with E-state index in [9.17, 15) is 18.5 Å². The maximum atomic E-state index is 13.7. The lowest BCUT2D eigenvalue weighted by Crippen LogP contribution is -2.49. The Hall–Kier alpha value is -5.03. The van der Waals surface area contributed by atoms with Gasteiger partial charge in [-0.25, -0.2) is 23.2 Å². The van der Waals surface area contributed by atoms with Gasteiger partial charge in [0.25, 0.3) is 0 Å². The van der Waals surface area contributed by atoms with Gasteiger partial charge in [0.15, 0.2) is 0 Å². The number of carbonyl (C=O) groups is 1. The van der Waals surface area contributed by atoms with Crippen LogP contribution >= 0.6 is 0 Å². The largest absolute Gasteiger partial charge is 0.366 e. The van der Waals surface area contributed by atoms with E-state index in [4.69, 9.17) is 4.98 Å². The smallest absolute Gasteiger partial charge is 0.323 e. The number of amides is 2. The van der Waals surface area contributed by atoms with Gasteiger partial charge in [0.2, 0.25) is 5.95 Å². The van der Waals surface area contributed by atoms with Crippen molar-refractivity contribution in [1.82, 2.24) is 30.0 Å². The van der Waals surface area contributed by atoms with Gasteiger partial charge in [-0.3, -0.25) is 9.58 Å². The van der Waals surface area contributed by atoms with E-state index in [1.807, 2.05) is 55.7 Å². The topological polar surface area (TPSA) is 171 Å². The molecule has 0 radical (unpaired) electrons. The van der Waals surface area contributed by atoms with Gasteiger partial charge < -0.3 is 16.0 Å². The summed E-state index contributed by atoms with van der Waals surface area (Å²) in [6, 6.07) is 15.5. The molecule has 2 fully saturated rings. The summed E-state index contributed by atoms with van der Waals surface area (Å²) < 4.78 is 25.4. The third-order valence-corrected chi connectivity index (χ3v) is 10.5. The van der Waals surface area contributed by atoms with Crippen molar-refractivity contribution in [1.29, 1.82) is 5.26 Å². The first kappa shape index (κ1) is 31.9. The molecule has 4 heterocycles. The minimum atomic E-state index is -3.00. The van der Waals surface area contributed by atoms with Crippen molar-refractivity contribution in [2.24, 2.45) is 7.05 Å². The lowest BCUT2D eigenvalue weighted by atomic mass is 9.90. The third-order valence-electron chi connectivity index (χ3n) is 8.74. The Kier molecular flexibility index (Phi) is 9.63. The van der Waals surface area contributed by atoms with E-state index in [1.54, 1.807) is 22.0 Å². The average Bonchev–Trinajstić information content (AvgIpc) is 3.53. The standard InChI is InChI=1S/C33H38N10O3S/c1-42-22-26(21-38-42)24-7-12-30(35-19-24)43(33(44)37-18-23-5-3-2-4-6-23)29-10-8-27(9-11-29)40-32-36-20-25(17-34)31(41-32)39-28-13-15-47(45,46)16-14-28/h2-7,12,19-22,27-29H,8-11,13-16,18H2,1H3,(H,37,44)(H2,36,39,40,41)/t27-,29-. The van der Waals surface area contributed by atoms with Gasteiger partial charge in [-0.15, -0.1) is 0 Å². The van der Waals surface area contributed by atoms with Crippen LogP contribution in [0.1, 0.15) is 49.7 Å². The molecule has 47 heavy (non-hydrogen) atoms. The summed E-state index contributed by atoms with van der Waals surface area (Å²) in [5.41, 5.74) is 3.20. The molecule has 0 spiro atoms. The van der Waals surface area contributed by atoms with Crippen LogP contribution in [0.15, 0.2) is 67.3 Å². The predicted molar refractivity (Wildman–Crippen MR) is 179 cm³/mol. The molecule has 3 aromatic heterocycles. The van der Waals surface area contributed by atoms with Crippen LogP contribution in [0, 0.1) is 11.3 Å². The Morgan fingerprint density at radius 3 is 2.34 bits per heavy atom. The van der Waals surface area contributed by atoms with Gasteiger partial charge in [-0.05, 0) is 56.2 Å². The number of urea groups is 1. The highest BCUT2D eigenvalue weighted by Crippen LogP contribution is 2.30. The Morgan fingerprint density at radius 2 is 1.68 bits per heavy atom. The molecule has 244 valence electrons. The van der Waals surface area contributed by atoms with Crippen LogP contribution in [0.4, 0.5) is 22.4 Å². The molecule has 14 heteroatoms. The van der Waals surface area contributed by atoms with Crippen LogP contribution < -0.4 is 20.9 Å². The summed E-state index contributed by atoms with van der Waals surface area (Å²) in [7, 11) is -1.13. The number of aryl methyl sites for hydroxylation is 1. The van der Waals surface area contributed by atoms with Crippen LogP contribution in [0.3, 0.4) is 0 Å². The fourth-order valence-corrected chi connectivity index (χ4v) is 7.61. The number of nitrogens with zero attached hydrogens (tertiary/aromatic N) is 7. The minimum Gasteiger partial charge on any atom is -0.366 e. The first-order valence-electron chi connectivity index (χ1n) is 15.8. The van der Waals surface area contributed by atoms with Crippen molar-refractivity contribution in [2.45, 2.75) is 63.2 Å². The second-order valence-corrected chi connectivity index (χ2v) is 14.4. The molecule has 2 aliphatic rings. The second-order valence-electron chi connectivity index (χ2n) is 12.1. The van der Waals surface area contributed by atoms with Gasteiger partial charge in [-0.2, -0.15) is 15.3 Å². The van der Waals surface area contributed by atoms with E-state index in [0.717, 1.165) is 42.4 Å². The molecular weight excluding hydrogens is 616 g/mol. The summed E-state index contributed by atoms with van der Waals surface area (Å²) in [4.78, 5) is 29.1. The Balaban J connectivity index is 1.12. The van der Waals surface area contributed by atoms with Crippen molar-refractivity contribution in [3.05, 3.63) is 78.4 Å². The number of nitriles is 1. The van der Waals surface area contributed by atoms with Crippen molar-refractivity contribution >= 4 is 33.5 Å². The molecule has 4 aromatic rings. The monoisotopic (exact) mass is 654 g/mol. The van der Waals surface area contributed by atoms with Gasteiger partial charge in [-0.1, -0.05) is 30.3 Å². The van der Waals surface area contributed by atoms with Crippen molar-refractivity contribution in [2.75, 3.05) is 27.0 Å². The molecule has 0 unspecified atom stereocenters. The van der Waals surface area contributed by atoms with Gasteiger partial charge in [0, 0.05) is 55.2 Å². The van der Waals surface area contributed by atoms with E-state index in [-0.39, 0.29) is 35.7 Å². The molecule has 1 aromatic carbocycles. The number of hydrogen-bond donors (Lipinski definition) is 3. The van der Waals surface area contributed by atoms with Gasteiger partial charge in [0.1, 0.15) is 33.1 Å². The van der Waals surface area contributed by atoms with Crippen LogP contribution in [0.2, 0.25) is 0 Å². The quantitative estimate of drug-likeness (QED) is 0.237. The lowest BCUT2D eigenvalue weighted by molar-refractivity contribution is 0.240. The van der Waals surface area contributed by atoms with Gasteiger partial charge in [0.05, 0.1) is 23.9 Å². The molecule has 2 amide bonds. The first-order chi connectivity index (χ1) is 22.8. The fraction of sp³-hybridized carbons (Fsp3) is 0.394. The zero-order valence-corrected chi connectivity index (χ0v) is 27.0. The molecule has 6 rings (SSSR count). The summed E-state index contributed by atoms with van der Waals surface area (Å²) in [5.74, 6) is 1.64. The van der Waals surface area contributed by atoms with Crippen molar-refractivity contribution < 1.29 is 13.2 Å². The molecule has 1 aliphatic carbocycles. The molecule has 1 saturated carbocycles. The maximum Gasteiger partial charge on any atom is 0.323 e. The number of aromatic nitrogens is 5. The average molecular weight is 655 g/mol. The molecule has 3 N–H and O–H groups in total. The molecular formula is C33H38N10O3S. The van der Waals surface area contributed by atoms with E-state index in [0.29, 0.717) is 42.5 Å². The van der Waals surface area contributed by atoms with E-state index in [1.165, 1.54) is 6.20 Å². The summed E-state index contributed by atoms with van der Waals surface area (Å²) in [5, 5.41) is 23.6. The van der Waals surface area contributed by atoms with Crippen LogP contribution in [-0.4, -0.2) is 68.8 Å². The molecule has 1 aliphatic heterocycles. The number of nitrogens with one attached hydrogen (secondary N) is 3. The van der Waals surface area contributed by atoms with Gasteiger partial charge >= 0.3 is 6.03 Å². The van der Waals surface area contributed by atoms with Crippen molar-refractivity contribution in [3.8, 4) is 17.2 Å². The van der Waals surface area contributed by atoms with Crippen LogP contribution in [-0.2, 0) is 23.4 Å². The maximum absolute atomic E-state index is 13.7. The highest BCUT2D eigenvalue weighted by Gasteiger charge is 2.31. The number of benzene rings is 1. The number of hydrogen-bond acceptors (Lipinski definition) is 10. The fourth-order valence-electron chi connectivity index (χ4n) is 6.12. The van der Waals surface area contributed by atoms with Crippen LogP contribution in [0.25, 0.3) is 11.1 Å². The molecule has 0 atom stereocenters. The molecule has 0 bridgehead atoms. The number of rotatable bonds is 9. The number of anilines is 3. The second kappa shape index (κ2) is 14.2. The van der Waals surface area contributed by atoms with E-state index < -0.39 is 9.84 Å². The SMILES string of the molecule is Cn1cc(-c2ccc(N(C(=O)NCc3ccccc3)[C@H]3CC[C@H](Nc4ncc(C#N)c(NC5CCS(=O)(=O)CC5)n4)CC3)nc2)cn1. The third kappa shape index (κ3) is 8.04. The van der Waals surface area contributed by atoms with E-state index in [2.05, 4.69) is 37.1 Å². The highest BCUT2D eigenvalue weighted by atomic mass is 32.2. The summed E-state index contributed by atoms with van der Waals surface area (Å²) in [6.45, 7) is 0.407. The Morgan fingerprint density at radius 1 is 0.936 bits per heavy atom. The number of pyridine rings is 1. The lowest BCUT2D eigenvalue weighted by Gasteiger charge is -2.36. The number of carbonyl (C=O) groups excluding carboxylic acids is 1. The number of sulfone groups is 1.